The van der Waals surface area contributed by atoms with Crippen LogP contribution in [0, 0.1) is 6.92 Å². The summed E-state index contributed by atoms with van der Waals surface area (Å²) in [5.41, 5.74) is 2.38. The summed E-state index contributed by atoms with van der Waals surface area (Å²) < 4.78 is 2.10. The fourth-order valence-electron chi connectivity index (χ4n) is 3.77. The van der Waals surface area contributed by atoms with Crippen LogP contribution < -0.4 is 0 Å². The van der Waals surface area contributed by atoms with E-state index in [2.05, 4.69) is 38.5 Å². The predicted octanol–water partition coefficient (Wildman–Crippen LogP) is 3.16. The second-order valence-corrected chi connectivity index (χ2v) is 6.87. The van der Waals surface area contributed by atoms with Crippen LogP contribution >= 0.6 is 0 Å². The molecule has 0 aromatic carbocycles. The van der Waals surface area contributed by atoms with Crippen molar-refractivity contribution >= 4 is 5.91 Å². The highest BCUT2D eigenvalue weighted by atomic mass is 16.2. The summed E-state index contributed by atoms with van der Waals surface area (Å²) in [7, 11) is 0. The Kier molecular flexibility index (Phi) is 5.84. The molecule has 3 heterocycles. The number of likely N-dealkylation sites (tertiary alicyclic amines) is 1. The lowest BCUT2D eigenvalue weighted by atomic mass is 10.0. The van der Waals surface area contributed by atoms with Crippen molar-refractivity contribution in [3.05, 3.63) is 47.8 Å². The summed E-state index contributed by atoms with van der Waals surface area (Å²) >= 11 is 0. The van der Waals surface area contributed by atoms with Gasteiger partial charge >= 0.3 is 0 Å². The number of carbonyl (C=O) groups is 1. The molecule has 1 unspecified atom stereocenters. The number of carbonyl (C=O) groups excluding carboxylic acids is 1. The Hall–Kier alpha value is -2.17. The van der Waals surface area contributed by atoms with E-state index in [1.54, 1.807) is 0 Å². The standard InChI is InChI=1S/C20H28N4O/c1-3-19-22-11-14-23(19)13-9-20(25)24-12-4-5-18(24)7-6-17-8-10-21-16(2)15-17/h8,10-11,14-15,18H,3-7,9,12-13H2,1-2H3. The van der Waals surface area contributed by atoms with Gasteiger partial charge in [-0.3, -0.25) is 9.78 Å². The molecule has 25 heavy (non-hydrogen) atoms. The molecule has 1 amide bonds. The second-order valence-electron chi connectivity index (χ2n) is 6.87. The van der Waals surface area contributed by atoms with Crippen LogP contribution in [0.5, 0.6) is 0 Å². The van der Waals surface area contributed by atoms with E-state index in [-0.39, 0.29) is 5.91 Å². The highest BCUT2D eigenvalue weighted by Crippen LogP contribution is 2.23. The Balaban J connectivity index is 1.52. The summed E-state index contributed by atoms with van der Waals surface area (Å²) in [4.78, 5) is 23.4. The molecule has 1 aliphatic rings. The van der Waals surface area contributed by atoms with Crippen LogP contribution in [0.1, 0.15) is 49.7 Å². The number of amides is 1. The van der Waals surface area contributed by atoms with Gasteiger partial charge in [0.15, 0.2) is 0 Å². The highest BCUT2D eigenvalue weighted by molar-refractivity contribution is 5.76. The topological polar surface area (TPSA) is 51.0 Å². The van der Waals surface area contributed by atoms with Gasteiger partial charge in [0, 0.05) is 56.3 Å². The Labute approximate surface area is 150 Å². The molecular weight excluding hydrogens is 312 g/mol. The zero-order valence-electron chi connectivity index (χ0n) is 15.3. The molecule has 5 nitrogen and oxygen atoms in total. The third-order valence-electron chi connectivity index (χ3n) is 5.11. The van der Waals surface area contributed by atoms with Gasteiger partial charge < -0.3 is 9.47 Å². The van der Waals surface area contributed by atoms with Crippen molar-refractivity contribution in [1.29, 1.82) is 0 Å². The number of rotatable bonds is 7. The maximum atomic E-state index is 12.7. The summed E-state index contributed by atoms with van der Waals surface area (Å²) in [6, 6.07) is 4.61. The zero-order chi connectivity index (χ0) is 17.6. The molecule has 0 N–H and O–H groups in total. The van der Waals surface area contributed by atoms with E-state index in [4.69, 9.17) is 0 Å². The molecule has 2 aromatic rings. The summed E-state index contributed by atoms with van der Waals surface area (Å²) in [6.45, 7) is 5.76. The number of hydrogen-bond donors (Lipinski definition) is 0. The van der Waals surface area contributed by atoms with Gasteiger partial charge in [-0.15, -0.1) is 0 Å². The zero-order valence-corrected chi connectivity index (χ0v) is 15.3. The minimum atomic E-state index is 0.282. The molecule has 0 spiro atoms. The quantitative estimate of drug-likeness (QED) is 0.778. The number of pyridine rings is 1. The van der Waals surface area contributed by atoms with Crippen LogP contribution in [-0.2, 0) is 24.2 Å². The SMILES string of the molecule is CCc1nccn1CCC(=O)N1CCCC1CCc1ccnc(C)c1. The third-order valence-corrected chi connectivity index (χ3v) is 5.11. The molecule has 1 saturated heterocycles. The van der Waals surface area contributed by atoms with Gasteiger partial charge in [0.2, 0.25) is 5.91 Å². The molecule has 1 atom stereocenters. The van der Waals surface area contributed by atoms with Gasteiger partial charge in [-0.2, -0.15) is 0 Å². The van der Waals surface area contributed by atoms with Crippen molar-refractivity contribution in [2.75, 3.05) is 6.54 Å². The van der Waals surface area contributed by atoms with Crippen LogP contribution in [0.3, 0.4) is 0 Å². The maximum absolute atomic E-state index is 12.7. The Bertz CT molecular complexity index is 709. The number of aromatic nitrogens is 3. The van der Waals surface area contributed by atoms with Gasteiger partial charge in [0.05, 0.1) is 0 Å². The van der Waals surface area contributed by atoms with Crippen LogP contribution in [0.2, 0.25) is 0 Å². The van der Waals surface area contributed by atoms with E-state index in [0.29, 0.717) is 12.5 Å². The summed E-state index contributed by atoms with van der Waals surface area (Å²) in [5.74, 6) is 1.34. The van der Waals surface area contributed by atoms with E-state index < -0.39 is 0 Å². The van der Waals surface area contributed by atoms with Crippen LogP contribution in [0.4, 0.5) is 0 Å². The van der Waals surface area contributed by atoms with Crippen molar-refractivity contribution in [1.82, 2.24) is 19.4 Å². The monoisotopic (exact) mass is 340 g/mol. The molecule has 0 saturated carbocycles. The van der Waals surface area contributed by atoms with E-state index in [0.717, 1.165) is 56.7 Å². The molecule has 0 radical (unpaired) electrons. The number of aryl methyl sites for hydroxylation is 4. The van der Waals surface area contributed by atoms with E-state index in [1.807, 2.05) is 25.5 Å². The fraction of sp³-hybridized carbons (Fsp3) is 0.550. The van der Waals surface area contributed by atoms with Crippen LogP contribution in [-0.4, -0.2) is 37.9 Å². The average molecular weight is 340 g/mol. The fourth-order valence-corrected chi connectivity index (χ4v) is 3.77. The van der Waals surface area contributed by atoms with Crippen LogP contribution in [0.15, 0.2) is 30.7 Å². The van der Waals surface area contributed by atoms with Crippen LogP contribution in [0.25, 0.3) is 0 Å². The first-order chi connectivity index (χ1) is 12.2. The summed E-state index contributed by atoms with van der Waals surface area (Å²) in [5, 5.41) is 0. The lowest BCUT2D eigenvalue weighted by molar-refractivity contribution is -0.132. The molecule has 1 aliphatic heterocycles. The minimum absolute atomic E-state index is 0.282. The maximum Gasteiger partial charge on any atom is 0.224 e. The molecule has 5 heteroatoms. The highest BCUT2D eigenvalue weighted by Gasteiger charge is 2.28. The van der Waals surface area contributed by atoms with Crippen molar-refractivity contribution in [3.8, 4) is 0 Å². The Morgan fingerprint density at radius 2 is 2.20 bits per heavy atom. The number of hydrogen-bond acceptors (Lipinski definition) is 3. The molecule has 3 rings (SSSR count). The van der Waals surface area contributed by atoms with Crippen molar-refractivity contribution in [2.45, 2.75) is 65.0 Å². The van der Waals surface area contributed by atoms with Gasteiger partial charge in [-0.25, -0.2) is 4.98 Å². The van der Waals surface area contributed by atoms with Gasteiger partial charge in [0.1, 0.15) is 5.82 Å². The van der Waals surface area contributed by atoms with Crippen molar-refractivity contribution in [3.63, 3.8) is 0 Å². The lowest BCUT2D eigenvalue weighted by Crippen LogP contribution is -2.36. The van der Waals surface area contributed by atoms with Crippen molar-refractivity contribution in [2.24, 2.45) is 0 Å². The predicted molar refractivity (Wildman–Crippen MR) is 98.3 cm³/mol. The molecule has 1 fully saturated rings. The normalized spacial score (nSPS) is 17.2. The molecule has 0 bridgehead atoms. The van der Waals surface area contributed by atoms with E-state index in [1.165, 1.54) is 5.56 Å². The summed E-state index contributed by atoms with van der Waals surface area (Å²) in [6.07, 6.45) is 11.4. The lowest BCUT2D eigenvalue weighted by Gasteiger charge is -2.25. The first-order valence-corrected chi connectivity index (χ1v) is 9.38. The minimum Gasteiger partial charge on any atom is -0.340 e. The molecule has 0 aliphatic carbocycles. The molecule has 2 aromatic heterocycles. The van der Waals surface area contributed by atoms with Crippen molar-refractivity contribution < 1.29 is 4.79 Å². The largest absolute Gasteiger partial charge is 0.340 e. The average Bonchev–Trinajstić information content (AvgIpc) is 3.26. The first-order valence-electron chi connectivity index (χ1n) is 9.38. The Morgan fingerprint density at radius 1 is 1.32 bits per heavy atom. The Morgan fingerprint density at radius 3 is 3.00 bits per heavy atom. The van der Waals surface area contributed by atoms with E-state index in [9.17, 15) is 4.79 Å². The first kappa shape index (κ1) is 17.6. The van der Waals surface area contributed by atoms with Gasteiger partial charge in [-0.05, 0) is 50.3 Å². The molecule has 134 valence electrons. The number of nitrogens with zero attached hydrogens (tertiary/aromatic N) is 4. The molecular formula is C20H28N4O. The number of imidazole rings is 1. The third kappa shape index (κ3) is 4.47. The second kappa shape index (κ2) is 8.28. The van der Waals surface area contributed by atoms with E-state index >= 15 is 0 Å². The smallest absolute Gasteiger partial charge is 0.224 e. The van der Waals surface area contributed by atoms with Gasteiger partial charge in [-0.1, -0.05) is 6.92 Å². The van der Waals surface area contributed by atoms with Gasteiger partial charge in [0.25, 0.3) is 0 Å².